The molecule has 1 saturated heterocycles. The average molecular weight is 245 g/mol. The van der Waals surface area contributed by atoms with Crippen molar-refractivity contribution in [2.24, 2.45) is 0 Å². The van der Waals surface area contributed by atoms with Crippen LogP contribution in [0.5, 0.6) is 0 Å². The second-order valence-electron chi connectivity index (χ2n) is 3.15. The van der Waals surface area contributed by atoms with Gasteiger partial charge in [-0.3, -0.25) is 0 Å². The number of hydrogen-bond donors (Lipinski definition) is 0. The molecule has 0 amide bonds. The van der Waals surface area contributed by atoms with Gasteiger partial charge in [-0.2, -0.15) is 0 Å². The molecule has 2 heterocycles. The quantitative estimate of drug-likeness (QED) is 0.755. The molecule has 0 bridgehead atoms. The van der Waals surface area contributed by atoms with Crippen molar-refractivity contribution in [2.45, 2.75) is 12.8 Å². The second kappa shape index (κ2) is 3.62. The van der Waals surface area contributed by atoms with E-state index in [2.05, 4.69) is 25.8 Å². The van der Waals surface area contributed by atoms with Gasteiger partial charge in [-0.05, 0) is 28.8 Å². The summed E-state index contributed by atoms with van der Waals surface area (Å²) in [5.41, 5.74) is 0. The highest BCUT2D eigenvalue weighted by molar-refractivity contribution is 9.10. The maximum atomic E-state index is 13.1. The van der Waals surface area contributed by atoms with E-state index in [4.69, 9.17) is 0 Å². The second-order valence-corrected chi connectivity index (χ2v) is 4.01. The molecule has 1 aliphatic rings. The highest BCUT2D eigenvalue weighted by Gasteiger charge is 2.14. The van der Waals surface area contributed by atoms with E-state index in [9.17, 15) is 4.39 Å². The Bertz CT molecular complexity index is 310. The maximum absolute atomic E-state index is 13.1. The minimum atomic E-state index is -0.239. The summed E-state index contributed by atoms with van der Waals surface area (Å²) in [5, 5.41) is 0. The van der Waals surface area contributed by atoms with Crippen LogP contribution >= 0.6 is 15.9 Å². The molecular formula is C9H10BrFN2. The molecule has 1 fully saturated rings. The van der Waals surface area contributed by atoms with E-state index in [1.54, 1.807) is 0 Å². The Balaban J connectivity index is 2.25. The Morgan fingerprint density at radius 3 is 2.69 bits per heavy atom. The van der Waals surface area contributed by atoms with Gasteiger partial charge in [0.2, 0.25) is 0 Å². The zero-order valence-corrected chi connectivity index (χ0v) is 8.72. The molecule has 13 heavy (non-hydrogen) atoms. The summed E-state index contributed by atoms with van der Waals surface area (Å²) in [5.74, 6) is 0.509. The Labute approximate surface area is 84.9 Å². The molecule has 1 aromatic heterocycles. The predicted molar refractivity (Wildman–Crippen MR) is 53.3 cm³/mol. The van der Waals surface area contributed by atoms with Crippen LogP contribution in [0, 0.1) is 5.82 Å². The minimum absolute atomic E-state index is 0.239. The zero-order chi connectivity index (χ0) is 9.26. The lowest BCUT2D eigenvalue weighted by Gasteiger charge is -2.15. The summed E-state index contributed by atoms with van der Waals surface area (Å²) >= 11 is 3.08. The van der Waals surface area contributed by atoms with Crippen molar-refractivity contribution in [3.8, 4) is 0 Å². The van der Waals surface area contributed by atoms with Crippen LogP contribution in [-0.4, -0.2) is 18.1 Å². The molecule has 0 saturated carbocycles. The van der Waals surface area contributed by atoms with Gasteiger partial charge in [0.1, 0.15) is 11.6 Å². The number of hydrogen-bond acceptors (Lipinski definition) is 2. The molecule has 4 heteroatoms. The average Bonchev–Trinajstić information content (AvgIpc) is 2.62. The highest BCUT2D eigenvalue weighted by Crippen LogP contribution is 2.22. The van der Waals surface area contributed by atoms with Gasteiger partial charge < -0.3 is 4.90 Å². The normalized spacial score (nSPS) is 16.6. The van der Waals surface area contributed by atoms with Crippen LogP contribution in [0.1, 0.15) is 12.8 Å². The summed E-state index contributed by atoms with van der Waals surface area (Å²) in [6.07, 6.45) is 3.88. The van der Waals surface area contributed by atoms with Gasteiger partial charge in [-0.1, -0.05) is 0 Å². The fourth-order valence-electron chi connectivity index (χ4n) is 1.52. The maximum Gasteiger partial charge on any atom is 0.142 e. The molecule has 0 unspecified atom stereocenters. The number of nitrogens with zero attached hydrogens (tertiary/aromatic N) is 2. The first kappa shape index (κ1) is 8.94. The summed E-state index contributed by atoms with van der Waals surface area (Å²) in [6.45, 7) is 1.99. The highest BCUT2D eigenvalue weighted by atomic mass is 79.9. The zero-order valence-electron chi connectivity index (χ0n) is 7.13. The van der Waals surface area contributed by atoms with Crippen molar-refractivity contribution < 1.29 is 4.39 Å². The van der Waals surface area contributed by atoms with Crippen LogP contribution in [0.15, 0.2) is 16.7 Å². The third kappa shape index (κ3) is 1.82. The first-order chi connectivity index (χ1) is 6.27. The number of halogens is 2. The molecule has 0 aromatic carbocycles. The van der Waals surface area contributed by atoms with Crippen LogP contribution in [0.4, 0.5) is 10.2 Å². The van der Waals surface area contributed by atoms with Crippen molar-refractivity contribution in [3.63, 3.8) is 0 Å². The van der Waals surface area contributed by atoms with Gasteiger partial charge in [-0.25, -0.2) is 9.37 Å². The minimum Gasteiger partial charge on any atom is -0.357 e. The lowest BCUT2D eigenvalue weighted by molar-refractivity contribution is 0.617. The molecule has 0 radical (unpaired) electrons. The topological polar surface area (TPSA) is 16.1 Å². The van der Waals surface area contributed by atoms with E-state index in [-0.39, 0.29) is 5.82 Å². The van der Waals surface area contributed by atoms with Crippen molar-refractivity contribution in [2.75, 3.05) is 18.0 Å². The van der Waals surface area contributed by atoms with E-state index in [0.717, 1.165) is 18.9 Å². The third-order valence-electron chi connectivity index (χ3n) is 2.22. The molecule has 0 N–H and O–H groups in total. The van der Waals surface area contributed by atoms with Gasteiger partial charge in [0, 0.05) is 25.4 Å². The molecule has 1 aliphatic heterocycles. The van der Waals surface area contributed by atoms with Crippen LogP contribution in [0.2, 0.25) is 0 Å². The van der Waals surface area contributed by atoms with Gasteiger partial charge in [0.15, 0.2) is 0 Å². The molecular weight excluding hydrogens is 235 g/mol. The first-order valence-corrected chi connectivity index (χ1v) is 5.12. The Kier molecular flexibility index (Phi) is 2.49. The Morgan fingerprint density at radius 2 is 2.08 bits per heavy atom. The SMILES string of the molecule is Fc1cc(N2CCCC2)ncc1Br. The van der Waals surface area contributed by atoms with Crippen molar-refractivity contribution in [1.82, 2.24) is 4.98 Å². The van der Waals surface area contributed by atoms with Gasteiger partial charge >= 0.3 is 0 Å². The molecule has 0 aliphatic carbocycles. The smallest absolute Gasteiger partial charge is 0.142 e. The summed E-state index contributed by atoms with van der Waals surface area (Å²) in [4.78, 5) is 6.27. The van der Waals surface area contributed by atoms with E-state index in [1.807, 2.05) is 0 Å². The molecule has 0 atom stereocenters. The number of pyridine rings is 1. The van der Waals surface area contributed by atoms with E-state index >= 15 is 0 Å². The van der Waals surface area contributed by atoms with Gasteiger partial charge in [0.25, 0.3) is 0 Å². The van der Waals surface area contributed by atoms with Crippen LogP contribution < -0.4 is 4.90 Å². The van der Waals surface area contributed by atoms with E-state index < -0.39 is 0 Å². The van der Waals surface area contributed by atoms with Gasteiger partial charge in [0.05, 0.1) is 4.47 Å². The van der Waals surface area contributed by atoms with E-state index in [0.29, 0.717) is 4.47 Å². The molecule has 1 aromatic rings. The Hall–Kier alpha value is -0.640. The van der Waals surface area contributed by atoms with Crippen molar-refractivity contribution in [3.05, 3.63) is 22.6 Å². The van der Waals surface area contributed by atoms with Crippen LogP contribution in [-0.2, 0) is 0 Å². The molecule has 70 valence electrons. The van der Waals surface area contributed by atoms with Gasteiger partial charge in [-0.15, -0.1) is 0 Å². The lowest BCUT2D eigenvalue weighted by atomic mass is 10.4. The first-order valence-electron chi connectivity index (χ1n) is 4.33. The summed E-state index contributed by atoms with van der Waals surface area (Å²) < 4.78 is 13.5. The number of anilines is 1. The fraction of sp³-hybridized carbons (Fsp3) is 0.444. The van der Waals surface area contributed by atoms with Crippen molar-refractivity contribution in [1.29, 1.82) is 0 Å². The number of aromatic nitrogens is 1. The largest absolute Gasteiger partial charge is 0.357 e. The van der Waals surface area contributed by atoms with E-state index in [1.165, 1.54) is 25.1 Å². The fourth-order valence-corrected chi connectivity index (χ4v) is 1.74. The molecule has 2 rings (SSSR count). The standard InChI is InChI=1S/C9H10BrFN2/c10-7-6-12-9(5-8(7)11)13-3-1-2-4-13/h5-6H,1-4H2. The van der Waals surface area contributed by atoms with Crippen molar-refractivity contribution >= 4 is 21.7 Å². The predicted octanol–water partition coefficient (Wildman–Crippen LogP) is 2.58. The number of rotatable bonds is 1. The lowest BCUT2D eigenvalue weighted by Crippen LogP contribution is -2.18. The van der Waals surface area contributed by atoms with Crippen LogP contribution in [0.25, 0.3) is 0 Å². The monoisotopic (exact) mass is 244 g/mol. The summed E-state index contributed by atoms with van der Waals surface area (Å²) in [7, 11) is 0. The molecule has 0 spiro atoms. The molecule has 2 nitrogen and oxygen atoms in total. The summed E-state index contributed by atoms with van der Waals surface area (Å²) in [6, 6.07) is 1.48. The Morgan fingerprint density at radius 1 is 1.38 bits per heavy atom. The van der Waals surface area contributed by atoms with Crippen LogP contribution in [0.3, 0.4) is 0 Å². The third-order valence-corrected chi connectivity index (χ3v) is 2.81.